The van der Waals surface area contributed by atoms with Crippen molar-refractivity contribution in [3.63, 3.8) is 0 Å². The second kappa shape index (κ2) is 682. The molecule has 0 saturated heterocycles. The molecule has 0 aromatic rings. The first kappa shape index (κ1) is 1220. The molecule has 1 radical (unpaired) electrons. The van der Waals surface area contributed by atoms with Crippen molar-refractivity contribution in [2.24, 2.45) is 0 Å². The zero-order valence-corrected chi connectivity index (χ0v) is 5.55. The Kier molecular flexibility index (Phi) is 139000. The summed E-state index contributed by atoms with van der Waals surface area (Å²) in [6, 6.07) is 0. The Morgan fingerprint density at radius 1 is 0.333 bits per heavy atom. The summed E-state index contributed by atoms with van der Waals surface area (Å²) in [5, 5.41) is 0. The minimum absolute atomic E-state index is 0. The van der Waals surface area contributed by atoms with Crippen LogP contribution in [-0.4, -0.2) is 0 Å². The molecule has 0 aliphatic rings. The number of hydrogen-bond donors (Lipinski definition) is 0. The molecule has 0 N–H and O–H groups in total. The van der Waals surface area contributed by atoms with Crippen LogP contribution in [0.15, 0.2) is 0 Å². The average molecular weight is 276 g/mol. The van der Waals surface area contributed by atoms with Crippen LogP contribution in [0.1, 0.15) is 0 Å². The van der Waals surface area contributed by atoms with Gasteiger partial charge in [0.2, 0.25) is 0 Å². The van der Waals surface area contributed by atoms with E-state index in [1.807, 2.05) is 0 Å². The molecule has 0 saturated carbocycles. The van der Waals surface area contributed by atoms with Crippen LogP contribution in [0, 0.1) is 0 Å². The Morgan fingerprint density at radius 2 is 0.333 bits per heavy atom. The molecule has 0 aliphatic heterocycles. The summed E-state index contributed by atoms with van der Waals surface area (Å²) in [6.07, 6.45) is 0. The van der Waals surface area contributed by atoms with E-state index < -0.39 is 0 Å². The molecule has 0 heterocycles. The molecular formula is F5Ta-3. The van der Waals surface area contributed by atoms with Gasteiger partial charge in [0, 0.05) is 0 Å². The molecule has 43 valence electrons. The largest absolute Gasteiger partial charge is 2.00 e. The van der Waals surface area contributed by atoms with E-state index in [1.165, 1.54) is 0 Å². The summed E-state index contributed by atoms with van der Waals surface area (Å²) in [5.74, 6) is 0. The van der Waals surface area contributed by atoms with E-state index in [0.717, 1.165) is 0 Å². The molecule has 0 aromatic heterocycles. The molecule has 0 fully saturated rings. The van der Waals surface area contributed by atoms with E-state index in [9.17, 15) is 0 Å². The van der Waals surface area contributed by atoms with Crippen molar-refractivity contribution >= 4 is 0 Å². The van der Waals surface area contributed by atoms with Crippen LogP contribution in [0.5, 0.6) is 0 Å². The number of rotatable bonds is 0. The molecule has 0 aromatic carbocycles. The van der Waals surface area contributed by atoms with Crippen LogP contribution in [-0.2, 0) is 22.4 Å². The van der Waals surface area contributed by atoms with Crippen LogP contribution in [0.3, 0.4) is 0 Å². The summed E-state index contributed by atoms with van der Waals surface area (Å²) in [4.78, 5) is 0. The third-order valence-electron chi connectivity index (χ3n) is 0. The summed E-state index contributed by atoms with van der Waals surface area (Å²) in [5.41, 5.74) is 0. The summed E-state index contributed by atoms with van der Waals surface area (Å²) >= 11 is 0. The quantitative estimate of drug-likeness (QED) is 0.385. The molecule has 0 unspecified atom stereocenters. The van der Waals surface area contributed by atoms with E-state index in [2.05, 4.69) is 0 Å². The van der Waals surface area contributed by atoms with Gasteiger partial charge >= 0.3 is 22.4 Å². The molecule has 0 rings (SSSR count). The second-order valence-electron chi connectivity index (χ2n) is 0. The normalized spacial score (nSPS) is 0. The molecule has 6 heavy (non-hydrogen) atoms. The maximum absolute atomic E-state index is 0. The van der Waals surface area contributed by atoms with Crippen LogP contribution in [0.4, 0.5) is 0 Å². The van der Waals surface area contributed by atoms with Crippen LogP contribution in [0.2, 0.25) is 0 Å². The van der Waals surface area contributed by atoms with Gasteiger partial charge in [-0.2, -0.15) is 0 Å². The van der Waals surface area contributed by atoms with Gasteiger partial charge in [-0.25, -0.2) is 0 Å². The number of hydrogen-bond acceptors (Lipinski definition) is 0. The molecule has 0 spiro atoms. The van der Waals surface area contributed by atoms with E-state index in [-0.39, 0.29) is 45.9 Å². The molecule has 0 aliphatic carbocycles. The van der Waals surface area contributed by atoms with Gasteiger partial charge in [-0.1, -0.05) is 0 Å². The molecular weight excluding hydrogens is 276 g/mol. The predicted octanol–water partition coefficient (Wildman–Crippen LogP) is -15.0. The maximum atomic E-state index is 0. The fourth-order valence-electron chi connectivity index (χ4n) is 0. The third kappa shape index (κ3) is 331. The standard InChI is InChI=1S/5FH.Ta/h5*1H;/q;;;;;+2/p-5. The molecule has 0 atom stereocenters. The topological polar surface area (TPSA) is 0 Å². The molecule has 0 amide bonds. The summed E-state index contributed by atoms with van der Waals surface area (Å²) in [7, 11) is 0. The van der Waals surface area contributed by atoms with E-state index in [4.69, 9.17) is 0 Å². The monoisotopic (exact) mass is 276 g/mol. The van der Waals surface area contributed by atoms with E-state index >= 15 is 0 Å². The van der Waals surface area contributed by atoms with Crippen LogP contribution >= 0.6 is 0 Å². The van der Waals surface area contributed by atoms with Crippen LogP contribution in [0.25, 0.3) is 0 Å². The van der Waals surface area contributed by atoms with Crippen molar-refractivity contribution < 1.29 is 45.9 Å². The Hall–Kier alpha value is 0.390. The van der Waals surface area contributed by atoms with E-state index in [0.29, 0.717) is 0 Å². The van der Waals surface area contributed by atoms with Gasteiger partial charge in [0.1, 0.15) is 0 Å². The predicted molar refractivity (Wildman–Crippen MR) is 0 cm³/mol. The zero-order chi connectivity index (χ0) is 0. The van der Waals surface area contributed by atoms with Crippen molar-refractivity contribution in [3.8, 4) is 0 Å². The first-order valence-electron chi connectivity index (χ1n) is 0. The minimum atomic E-state index is 0. The van der Waals surface area contributed by atoms with Crippen molar-refractivity contribution in [1.82, 2.24) is 0 Å². The van der Waals surface area contributed by atoms with Gasteiger partial charge in [-0.3, -0.25) is 0 Å². The molecule has 0 nitrogen and oxygen atoms in total. The van der Waals surface area contributed by atoms with Crippen LogP contribution < -0.4 is 23.5 Å². The van der Waals surface area contributed by atoms with Gasteiger partial charge < -0.3 is 23.5 Å². The van der Waals surface area contributed by atoms with Gasteiger partial charge in [0.25, 0.3) is 0 Å². The second-order valence-corrected chi connectivity index (χ2v) is 0. The Balaban J connectivity index is 0. The van der Waals surface area contributed by atoms with Gasteiger partial charge in [0.05, 0.1) is 0 Å². The fraction of sp³-hybridized carbons (Fsp3) is 0. The van der Waals surface area contributed by atoms with Crippen molar-refractivity contribution in [2.45, 2.75) is 0 Å². The number of halogens is 5. The zero-order valence-electron chi connectivity index (χ0n) is 2.34. The Bertz CT molecular complexity index is 3.90. The average Bonchev–Trinajstić information content (AvgIpc) is 0. The first-order valence-corrected chi connectivity index (χ1v) is 0. The smallest absolute Gasteiger partial charge is 1.00 e. The van der Waals surface area contributed by atoms with Gasteiger partial charge in [0.15, 0.2) is 0 Å². The van der Waals surface area contributed by atoms with Crippen molar-refractivity contribution in [2.75, 3.05) is 0 Å². The minimum Gasteiger partial charge on any atom is -1.00 e. The molecule has 0 bridgehead atoms. The van der Waals surface area contributed by atoms with Gasteiger partial charge in [-0.15, -0.1) is 0 Å². The summed E-state index contributed by atoms with van der Waals surface area (Å²) in [6.45, 7) is 0. The Morgan fingerprint density at radius 3 is 0.333 bits per heavy atom. The van der Waals surface area contributed by atoms with Crippen molar-refractivity contribution in [1.29, 1.82) is 0 Å². The third-order valence-corrected chi connectivity index (χ3v) is 0. The maximum Gasteiger partial charge on any atom is 2.00 e. The van der Waals surface area contributed by atoms with E-state index in [1.54, 1.807) is 0 Å². The van der Waals surface area contributed by atoms with Crippen molar-refractivity contribution in [3.05, 3.63) is 0 Å². The SMILES string of the molecule is [F-].[F-].[F-].[F-].[F-].[Ta+2]. The first-order chi connectivity index (χ1) is 0. The fourth-order valence-corrected chi connectivity index (χ4v) is 0. The van der Waals surface area contributed by atoms with Gasteiger partial charge in [-0.05, 0) is 0 Å². The summed E-state index contributed by atoms with van der Waals surface area (Å²) < 4.78 is 0. The Labute approximate surface area is 46.6 Å². The molecule has 6 heteroatoms.